The van der Waals surface area contributed by atoms with E-state index in [1.165, 1.54) is 49.3 Å². The molecule has 0 bridgehead atoms. The molecule has 11 nitrogen and oxygen atoms in total. The number of sulfonamides is 1. The molecule has 1 unspecified atom stereocenters. The van der Waals surface area contributed by atoms with Crippen molar-refractivity contribution < 1.29 is 32.1 Å². The Morgan fingerprint density at radius 2 is 1.79 bits per heavy atom. The van der Waals surface area contributed by atoms with Crippen molar-refractivity contribution in [2.75, 3.05) is 24.2 Å². The summed E-state index contributed by atoms with van der Waals surface area (Å²) in [5.41, 5.74) is -0.0558. The number of non-ortho nitro benzene ring substituents is 1. The fourth-order valence-corrected chi connectivity index (χ4v) is 5.36. The van der Waals surface area contributed by atoms with Gasteiger partial charge in [0.1, 0.15) is 29.8 Å². The average molecular weight is 565 g/mol. The van der Waals surface area contributed by atoms with Crippen LogP contribution in [0.25, 0.3) is 0 Å². The summed E-state index contributed by atoms with van der Waals surface area (Å²) in [6, 6.07) is 7.80. The maximum Gasteiger partial charge on any atom is 0.271 e. The number of rotatable bonds is 11. The van der Waals surface area contributed by atoms with Gasteiger partial charge in [0.2, 0.25) is 21.8 Å². The van der Waals surface area contributed by atoms with E-state index in [0.717, 1.165) is 50.5 Å². The van der Waals surface area contributed by atoms with E-state index in [9.17, 15) is 32.5 Å². The molecule has 1 aliphatic carbocycles. The van der Waals surface area contributed by atoms with Gasteiger partial charge in [-0.25, -0.2) is 12.8 Å². The van der Waals surface area contributed by atoms with E-state index in [4.69, 9.17) is 4.74 Å². The van der Waals surface area contributed by atoms with Crippen LogP contribution in [-0.2, 0) is 26.2 Å². The SMILES string of the molecule is COc1ccc([N+](=O)[O-])cc1N(CC(=O)N(Cc1ccc(F)cc1)C(C)C(=O)NC1CCCCC1)S(C)(=O)=O. The summed E-state index contributed by atoms with van der Waals surface area (Å²) in [6.07, 6.45) is 5.61. The summed E-state index contributed by atoms with van der Waals surface area (Å²) in [6.45, 7) is 0.693. The van der Waals surface area contributed by atoms with Crippen LogP contribution in [0.5, 0.6) is 5.75 Å². The minimum Gasteiger partial charge on any atom is -0.495 e. The Bertz CT molecular complexity index is 1300. The van der Waals surface area contributed by atoms with Crippen molar-refractivity contribution in [3.05, 3.63) is 64.0 Å². The number of halogens is 1. The summed E-state index contributed by atoms with van der Waals surface area (Å²) in [4.78, 5) is 38.8. The first-order valence-corrected chi connectivity index (χ1v) is 14.4. The molecule has 2 amide bonds. The molecular formula is C26H33FN4O7S. The van der Waals surface area contributed by atoms with Crippen LogP contribution in [0, 0.1) is 15.9 Å². The summed E-state index contributed by atoms with van der Waals surface area (Å²) < 4.78 is 45.1. The van der Waals surface area contributed by atoms with Crippen LogP contribution in [-0.4, -0.2) is 62.0 Å². The molecule has 0 aliphatic heterocycles. The van der Waals surface area contributed by atoms with Gasteiger partial charge in [0.25, 0.3) is 5.69 Å². The van der Waals surface area contributed by atoms with Gasteiger partial charge in [-0.3, -0.25) is 24.0 Å². The molecule has 0 heterocycles. The van der Waals surface area contributed by atoms with Crippen molar-refractivity contribution in [1.82, 2.24) is 10.2 Å². The average Bonchev–Trinajstić information content (AvgIpc) is 2.90. The molecular weight excluding hydrogens is 531 g/mol. The van der Waals surface area contributed by atoms with Gasteiger partial charge in [-0.1, -0.05) is 31.4 Å². The van der Waals surface area contributed by atoms with Gasteiger partial charge in [-0.05, 0) is 43.5 Å². The lowest BCUT2D eigenvalue weighted by Crippen LogP contribution is -2.53. The highest BCUT2D eigenvalue weighted by molar-refractivity contribution is 7.92. The maximum absolute atomic E-state index is 13.7. The Morgan fingerprint density at radius 1 is 1.15 bits per heavy atom. The van der Waals surface area contributed by atoms with E-state index in [1.807, 2.05) is 0 Å². The number of nitro groups is 1. The summed E-state index contributed by atoms with van der Waals surface area (Å²) in [5.74, 6) is -1.59. The van der Waals surface area contributed by atoms with Crippen LogP contribution < -0.4 is 14.4 Å². The summed E-state index contributed by atoms with van der Waals surface area (Å²) in [7, 11) is -2.87. The van der Waals surface area contributed by atoms with E-state index >= 15 is 0 Å². The molecule has 1 aliphatic rings. The predicted molar refractivity (Wildman–Crippen MR) is 143 cm³/mol. The molecule has 1 atom stereocenters. The van der Waals surface area contributed by atoms with E-state index in [2.05, 4.69) is 5.32 Å². The molecule has 0 aromatic heterocycles. The molecule has 13 heteroatoms. The second-order valence-corrected chi connectivity index (χ2v) is 11.5. The highest BCUT2D eigenvalue weighted by Gasteiger charge is 2.32. The zero-order valence-electron chi connectivity index (χ0n) is 22.1. The number of amides is 2. The van der Waals surface area contributed by atoms with Crippen molar-refractivity contribution in [2.45, 2.75) is 57.7 Å². The van der Waals surface area contributed by atoms with Crippen LogP contribution >= 0.6 is 0 Å². The van der Waals surface area contributed by atoms with E-state index in [1.54, 1.807) is 0 Å². The van der Waals surface area contributed by atoms with Crippen LogP contribution in [0.2, 0.25) is 0 Å². The topological polar surface area (TPSA) is 139 Å². The number of ether oxygens (including phenoxy) is 1. The van der Waals surface area contributed by atoms with Gasteiger partial charge in [0.05, 0.1) is 18.3 Å². The van der Waals surface area contributed by atoms with Crippen molar-refractivity contribution in [3.63, 3.8) is 0 Å². The maximum atomic E-state index is 13.7. The standard InChI is InChI=1S/C26H33FN4O7S/c1-18(26(33)28-21-7-5-4-6-8-21)29(16-19-9-11-20(27)12-10-19)25(32)17-30(39(3,36)37)23-15-22(31(34)35)13-14-24(23)38-2/h9-15,18,21H,4-8,16-17H2,1-3H3,(H,28,33). The van der Waals surface area contributed by atoms with Crippen molar-refractivity contribution >= 4 is 33.2 Å². The Balaban J connectivity index is 1.95. The number of methoxy groups -OCH3 is 1. The second kappa shape index (κ2) is 12.9. The van der Waals surface area contributed by atoms with Gasteiger partial charge in [-0.15, -0.1) is 0 Å². The first-order valence-electron chi connectivity index (χ1n) is 12.5. The largest absolute Gasteiger partial charge is 0.495 e. The quantitative estimate of drug-likeness (QED) is 0.326. The molecule has 1 N–H and O–H groups in total. The predicted octanol–water partition coefficient (Wildman–Crippen LogP) is 3.37. The number of nitro benzene ring substituents is 1. The highest BCUT2D eigenvalue weighted by atomic mass is 32.2. The van der Waals surface area contributed by atoms with Gasteiger partial charge in [-0.2, -0.15) is 0 Å². The molecule has 0 radical (unpaired) electrons. The number of carbonyl (C=O) groups is 2. The van der Waals surface area contributed by atoms with E-state index in [0.29, 0.717) is 9.87 Å². The third-order valence-corrected chi connectivity index (χ3v) is 7.83. The number of anilines is 1. The minimum atomic E-state index is -4.14. The van der Waals surface area contributed by atoms with Crippen molar-refractivity contribution in [1.29, 1.82) is 0 Å². The smallest absolute Gasteiger partial charge is 0.271 e. The zero-order valence-corrected chi connectivity index (χ0v) is 22.9. The van der Waals surface area contributed by atoms with Crippen LogP contribution in [0.3, 0.4) is 0 Å². The molecule has 1 fully saturated rings. The molecule has 0 saturated heterocycles. The zero-order chi connectivity index (χ0) is 28.7. The number of hydrogen-bond acceptors (Lipinski definition) is 7. The highest BCUT2D eigenvalue weighted by Crippen LogP contribution is 2.34. The molecule has 39 heavy (non-hydrogen) atoms. The minimum absolute atomic E-state index is 0.00648. The number of carbonyl (C=O) groups excluding carboxylic acids is 2. The van der Waals surface area contributed by atoms with Crippen LogP contribution in [0.1, 0.15) is 44.6 Å². The van der Waals surface area contributed by atoms with Gasteiger partial charge in [0, 0.05) is 24.7 Å². The fraction of sp³-hybridized carbons (Fsp3) is 0.462. The number of nitrogens with zero attached hydrogens (tertiary/aromatic N) is 3. The van der Waals surface area contributed by atoms with Crippen LogP contribution in [0.4, 0.5) is 15.8 Å². The Morgan fingerprint density at radius 3 is 2.36 bits per heavy atom. The Kier molecular flexibility index (Phi) is 9.84. The van der Waals surface area contributed by atoms with Gasteiger partial charge in [0.15, 0.2) is 0 Å². The molecule has 1 saturated carbocycles. The van der Waals surface area contributed by atoms with Crippen molar-refractivity contribution in [3.8, 4) is 5.75 Å². The van der Waals surface area contributed by atoms with E-state index in [-0.39, 0.29) is 24.0 Å². The first-order chi connectivity index (χ1) is 18.4. The molecule has 212 valence electrons. The lowest BCUT2D eigenvalue weighted by Gasteiger charge is -2.33. The first kappa shape index (κ1) is 29.8. The van der Waals surface area contributed by atoms with Gasteiger partial charge < -0.3 is 15.0 Å². The Labute approximate surface area is 227 Å². The molecule has 2 aromatic rings. The number of nitrogens with one attached hydrogen (secondary N) is 1. The van der Waals surface area contributed by atoms with Gasteiger partial charge >= 0.3 is 0 Å². The third kappa shape index (κ3) is 7.88. The third-order valence-electron chi connectivity index (χ3n) is 6.71. The monoisotopic (exact) mass is 564 g/mol. The second-order valence-electron chi connectivity index (χ2n) is 9.55. The summed E-state index contributed by atoms with van der Waals surface area (Å²) in [5, 5.41) is 14.3. The fourth-order valence-electron chi connectivity index (χ4n) is 4.52. The lowest BCUT2D eigenvalue weighted by molar-refractivity contribution is -0.384. The van der Waals surface area contributed by atoms with E-state index < -0.39 is 50.9 Å². The molecule has 0 spiro atoms. The number of benzene rings is 2. The van der Waals surface area contributed by atoms with Crippen molar-refractivity contribution in [2.24, 2.45) is 0 Å². The van der Waals surface area contributed by atoms with Crippen LogP contribution in [0.15, 0.2) is 42.5 Å². The summed E-state index contributed by atoms with van der Waals surface area (Å²) >= 11 is 0. The lowest BCUT2D eigenvalue weighted by atomic mass is 9.95. The molecule has 2 aromatic carbocycles. The molecule has 3 rings (SSSR count). The number of hydrogen-bond donors (Lipinski definition) is 1. The normalized spacial score (nSPS) is 14.8. The Hall–Kier alpha value is -3.74.